The first-order valence-electron chi connectivity index (χ1n) is 9.30. The van der Waals surface area contributed by atoms with E-state index >= 15 is 0 Å². The number of hydrogen-bond donors (Lipinski definition) is 4. The highest BCUT2D eigenvalue weighted by atomic mass is 19.4. The number of anilines is 3. The molecule has 0 spiro atoms. The molecule has 1 aromatic heterocycles. The second-order valence-electron chi connectivity index (χ2n) is 7.11. The van der Waals surface area contributed by atoms with E-state index in [2.05, 4.69) is 15.3 Å². The number of carboxylic acid groups (broad SMARTS) is 1. The smallest absolute Gasteiger partial charge is 0.416 e. The van der Waals surface area contributed by atoms with E-state index < -0.39 is 23.9 Å². The molecule has 1 atom stereocenters. The summed E-state index contributed by atoms with van der Waals surface area (Å²) < 4.78 is 39.2. The van der Waals surface area contributed by atoms with Gasteiger partial charge in [0.25, 0.3) is 0 Å². The van der Waals surface area contributed by atoms with Gasteiger partial charge < -0.3 is 15.5 Å². The minimum atomic E-state index is -4.62. The summed E-state index contributed by atoms with van der Waals surface area (Å²) in [5, 5.41) is 24.1. The number of hydrogen-bond acceptors (Lipinski definition) is 5. The van der Waals surface area contributed by atoms with E-state index in [1.807, 2.05) is 23.5 Å². The average molecular weight is 430 g/mol. The van der Waals surface area contributed by atoms with Gasteiger partial charge in [-0.15, -0.1) is 0 Å². The number of alkyl halides is 3. The van der Waals surface area contributed by atoms with Crippen LogP contribution in [0, 0.1) is 0 Å². The number of aliphatic hydroxyl groups excluding tert-OH is 1. The Labute approximate surface area is 174 Å². The molecule has 10 heteroatoms. The maximum atomic E-state index is 13.1. The normalized spacial score (nSPS) is 15.4. The minimum Gasteiger partial charge on any atom is -0.465 e. The number of nitrogens with one attached hydrogen (secondary N) is 2. The molecule has 0 saturated carbocycles. The largest absolute Gasteiger partial charge is 0.465 e. The van der Waals surface area contributed by atoms with E-state index in [-0.39, 0.29) is 16.9 Å². The lowest BCUT2D eigenvalue weighted by atomic mass is 10.0. The summed E-state index contributed by atoms with van der Waals surface area (Å²) in [6, 6.07) is 9.90. The fraction of sp³-hybridized carbons (Fsp3) is 0.190. The number of halogens is 3. The van der Waals surface area contributed by atoms with Crippen molar-refractivity contribution in [3.05, 3.63) is 65.5 Å². The second kappa shape index (κ2) is 7.88. The Morgan fingerprint density at radius 2 is 1.87 bits per heavy atom. The summed E-state index contributed by atoms with van der Waals surface area (Å²) in [5.74, 6) is 0.376. The molecule has 4 N–H and O–H groups in total. The van der Waals surface area contributed by atoms with Gasteiger partial charge >= 0.3 is 12.3 Å². The molecule has 31 heavy (non-hydrogen) atoms. The SMILES string of the molecule is O=C(O)Nc1cc(C(F)(F)F)ccc1-c1cc(Nc2cccc3c2CC(O)C3)ncn1. The van der Waals surface area contributed by atoms with Gasteiger partial charge in [0.15, 0.2) is 0 Å². The zero-order chi connectivity index (χ0) is 22.2. The van der Waals surface area contributed by atoms with Crippen LogP contribution >= 0.6 is 0 Å². The van der Waals surface area contributed by atoms with E-state index in [1.165, 1.54) is 12.4 Å². The number of aromatic nitrogens is 2. The first-order valence-corrected chi connectivity index (χ1v) is 9.30. The van der Waals surface area contributed by atoms with Gasteiger partial charge in [-0.1, -0.05) is 18.2 Å². The van der Waals surface area contributed by atoms with Gasteiger partial charge in [0.1, 0.15) is 12.1 Å². The first-order chi connectivity index (χ1) is 14.7. The fourth-order valence-electron chi connectivity index (χ4n) is 3.62. The topological polar surface area (TPSA) is 107 Å². The Hall–Kier alpha value is -3.66. The highest BCUT2D eigenvalue weighted by Gasteiger charge is 2.31. The summed E-state index contributed by atoms with van der Waals surface area (Å²) in [7, 11) is 0. The Balaban J connectivity index is 1.69. The Kier molecular flexibility index (Phi) is 5.24. The molecule has 3 aromatic rings. The zero-order valence-corrected chi connectivity index (χ0v) is 15.9. The molecule has 7 nitrogen and oxygen atoms in total. The third-order valence-corrected chi connectivity index (χ3v) is 4.96. The van der Waals surface area contributed by atoms with Crippen molar-refractivity contribution in [1.82, 2.24) is 9.97 Å². The zero-order valence-electron chi connectivity index (χ0n) is 15.9. The molecular weight excluding hydrogens is 413 g/mol. The van der Waals surface area contributed by atoms with Crippen LogP contribution in [0.4, 0.5) is 35.2 Å². The maximum absolute atomic E-state index is 13.1. The quantitative estimate of drug-likeness (QED) is 0.487. The summed E-state index contributed by atoms with van der Waals surface area (Å²) in [6.07, 6.45) is -4.26. The molecule has 0 fully saturated rings. The average Bonchev–Trinajstić information content (AvgIpc) is 3.08. The summed E-state index contributed by atoms with van der Waals surface area (Å²) in [6.45, 7) is 0. The van der Waals surface area contributed by atoms with Crippen molar-refractivity contribution in [1.29, 1.82) is 0 Å². The number of aliphatic hydroxyl groups is 1. The number of rotatable bonds is 4. The number of nitrogens with zero attached hydrogens (tertiary/aromatic N) is 2. The van der Waals surface area contributed by atoms with Crippen molar-refractivity contribution in [3.8, 4) is 11.3 Å². The van der Waals surface area contributed by atoms with Crippen LogP contribution in [0.1, 0.15) is 16.7 Å². The van der Waals surface area contributed by atoms with Gasteiger partial charge in [-0.25, -0.2) is 14.8 Å². The van der Waals surface area contributed by atoms with Crippen molar-refractivity contribution >= 4 is 23.3 Å². The van der Waals surface area contributed by atoms with E-state index in [0.717, 1.165) is 35.0 Å². The van der Waals surface area contributed by atoms with Crippen LogP contribution < -0.4 is 10.6 Å². The lowest BCUT2D eigenvalue weighted by molar-refractivity contribution is -0.137. The molecule has 0 saturated heterocycles. The summed E-state index contributed by atoms with van der Waals surface area (Å²) in [5.41, 5.74) is 1.95. The number of amides is 1. The second-order valence-corrected chi connectivity index (χ2v) is 7.11. The Morgan fingerprint density at radius 1 is 1.06 bits per heavy atom. The van der Waals surface area contributed by atoms with Crippen LogP contribution in [-0.4, -0.2) is 32.4 Å². The highest BCUT2D eigenvalue weighted by molar-refractivity contribution is 5.90. The molecule has 1 aliphatic rings. The molecule has 1 unspecified atom stereocenters. The predicted octanol–water partition coefficient (Wildman–Crippen LogP) is 4.46. The minimum absolute atomic E-state index is 0.176. The van der Waals surface area contributed by atoms with Crippen molar-refractivity contribution in [2.75, 3.05) is 10.6 Å². The summed E-state index contributed by atoms with van der Waals surface area (Å²) in [4.78, 5) is 19.3. The molecule has 1 amide bonds. The third kappa shape index (κ3) is 4.43. The molecule has 2 aromatic carbocycles. The third-order valence-electron chi connectivity index (χ3n) is 4.96. The number of carbonyl (C=O) groups is 1. The van der Waals surface area contributed by atoms with Crippen molar-refractivity contribution in [2.24, 2.45) is 0 Å². The maximum Gasteiger partial charge on any atom is 0.416 e. The van der Waals surface area contributed by atoms with Gasteiger partial charge in [-0.3, -0.25) is 5.32 Å². The lowest BCUT2D eigenvalue weighted by Crippen LogP contribution is -2.11. The standard InChI is InChI=1S/C21H17F3N4O3/c22-21(23,24)12-4-5-14(18(7-12)28-20(30)31)17-9-19(26-10-25-17)27-16-3-1-2-11-6-13(29)8-15(11)16/h1-5,7,9-10,13,28-29H,6,8H2,(H,30,31)(H,25,26,27). The molecule has 4 rings (SSSR count). The van der Waals surface area contributed by atoms with Gasteiger partial charge in [0.05, 0.1) is 23.0 Å². The van der Waals surface area contributed by atoms with Gasteiger partial charge in [-0.05, 0) is 35.7 Å². The highest BCUT2D eigenvalue weighted by Crippen LogP contribution is 2.36. The van der Waals surface area contributed by atoms with Crippen molar-refractivity contribution in [2.45, 2.75) is 25.1 Å². The Morgan fingerprint density at radius 3 is 2.61 bits per heavy atom. The van der Waals surface area contributed by atoms with E-state index in [9.17, 15) is 23.1 Å². The molecule has 0 radical (unpaired) electrons. The van der Waals surface area contributed by atoms with Crippen LogP contribution in [0.25, 0.3) is 11.3 Å². The first kappa shape index (κ1) is 20.6. The van der Waals surface area contributed by atoms with Crippen LogP contribution in [0.3, 0.4) is 0 Å². The van der Waals surface area contributed by atoms with Gasteiger partial charge in [0, 0.05) is 23.7 Å². The molecule has 1 aliphatic carbocycles. The number of benzene rings is 2. The molecule has 1 heterocycles. The molecule has 160 valence electrons. The monoisotopic (exact) mass is 430 g/mol. The van der Waals surface area contributed by atoms with Crippen LogP contribution in [-0.2, 0) is 19.0 Å². The van der Waals surface area contributed by atoms with E-state index in [0.29, 0.717) is 18.7 Å². The molecule has 0 aliphatic heterocycles. The van der Waals surface area contributed by atoms with Crippen molar-refractivity contribution in [3.63, 3.8) is 0 Å². The van der Waals surface area contributed by atoms with E-state index in [4.69, 9.17) is 5.11 Å². The van der Waals surface area contributed by atoms with Crippen LogP contribution in [0.15, 0.2) is 48.8 Å². The van der Waals surface area contributed by atoms with Crippen LogP contribution in [0.2, 0.25) is 0 Å². The number of fused-ring (bicyclic) bond motifs is 1. The fourth-order valence-corrected chi connectivity index (χ4v) is 3.62. The van der Waals surface area contributed by atoms with E-state index in [1.54, 1.807) is 0 Å². The van der Waals surface area contributed by atoms with Crippen molar-refractivity contribution < 1.29 is 28.2 Å². The predicted molar refractivity (Wildman–Crippen MR) is 107 cm³/mol. The lowest BCUT2D eigenvalue weighted by Gasteiger charge is -2.14. The Bertz CT molecular complexity index is 1150. The molecule has 0 bridgehead atoms. The van der Waals surface area contributed by atoms with Gasteiger partial charge in [-0.2, -0.15) is 13.2 Å². The van der Waals surface area contributed by atoms with Gasteiger partial charge in [0.2, 0.25) is 0 Å². The van der Waals surface area contributed by atoms with Crippen LogP contribution in [0.5, 0.6) is 0 Å². The summed E-state index contributed by atoms with van der Waals surface area (Å²) >= 11 is 0. The molecular formula is C21H17F3N4O3.